The van der Waals surface area contributed by atoms with Gasteiger partial charge in [-0.2, -0.15) is 0 Å². The molecule has 1 aromatic carbocycles. The maximum atomic E-state index is 14.4. The molecular weight excluding hydrogens is 726 g/mol. The molecule has 6 rings (SSSR count). The number of likely N-dealkylation sites (N-methyl/N-ethyl adjacent to an activating group) is 1. The number of fused-ring (bicyclic) bond motifs is 7. The number of carbonyl (C=O) groups excluding carboxylic acids is 3. The highest BCUT2D eigenvalue weighted by Crippen LogP contribution is 2.77. The molecule has 5 aliphatic carbocycles. The van der Waals surface area contributed by atoms with Crippen LogP contribution in [0.25, 0.3) is 0 Å². The van der Waals surface area contributed by atoms with Crippen molar-refractivity contribution >= 4 is 35.3 Å². The zero-order valence-electron chi connectivity index (χ0n) is 36.0. The van der Waals surface area contributed by atoms with Gasteiger partial charge >= 0.3 is 17.9 Å². The Labute approximate surface area is 340 Å². The van der Waals surface area contributed by atoms with Gasteiger partial charge in [-0.3, -0.25) is 24.1 Å². The summed E-state index contributed by atoms with van der Waals surface area (Å²) in [6, 6.07) is 7.86. The van der Waals surface area contributed by atoms with Crippen molar-refractivity contribution in [3.63, 3.8) is 0 Å². The topological polar surface area (TPSA) is 110 Å². The van der Waals surface area contributed by atoms with Gasteiger partial charge in [0.2, 0.25) is 0 Å². The Bertz CT molecular complexity index is 1760. The molecule has 4 saturated carbocycles. The lowest BCUT2D eigenvalue weighted by Crippen LogP contribution is -2.66. The van der Waals surface area contributed by atoms with E-state index in [4.69, 9.17) is 21.1 Å². The number of carboxylic acid groups (broad SMARTS) is 1. The number of nitrogens with zero attached hydrogens (tertiary/aromatic N) is 1. The number of hydrogen-bond donors (Lipinski definition) is 1. The molecular formula is C47H68ClNO7. The van der Waals surface area contributed by atoms with Crippen LogP contribution in [0.3, 0.4) is 0 Å². The third-order valence-corrected chi connectivity index (χ3v) is 16.9. The van der Waals surface area contributed by atoms with E-state index < -0.39 is 28.9 Å². The molecule has 310 valence electrons. The summed E-state index contributed by atoms with van der Waals surface area (Å²) in [5, 5.41) is 10.3. The van der Waals surface area contributed by atoms with E-state index in [9.17, 15) is 24.3 Å². The van der Waals surface area contributed by atoms with Gasteiger partial charge in [0.15, 0.2) is 5.78 Å². The fourth-order valence-corrected chi connectivity index (χ4v) is 13.8. The molecule has 2 unspecified atom stereocenters. The molecule has 4 fully saturated rings. The number of halogens is 1. The van der Waals surface area contributed by atoms with Crippen LogP contribution >= 0.6 is 11.6 Å². The maximum Gasteiger partial charge on any atom is 0.309 e. The van der Waals surface area contributed by atoms with Crippen LogP contribution in [0.15, 0.2) is 35.4 Å². The van der Waals surface area contributed by atoms with Gasteiger partial charge in [-0.1, -0.05) is 72.2 Å². The second-order valence-electron chi connectivity index (χ2n) is 21.0. The molecule has 0 heterocycles. The normalized spacial score (nSPS) is 35.6. The molecule has 0 spiro atoms. The molecule has 0 radical (unpaired) electrons. The van der Waals surface area contributed by atoms with Gasteiger partial charge in [0.1, 0.15) is 12.2 Å². The number of ether oxygens (including phenoxy) is 2. The first-order valence-corrected chi connectivity index (χ1v) is 21.6. The van der Waals surface area contributed by atoms with Crippen molar-refractivity contribution in [3.8, 4) is 0 Å². The molecule has 0 aliphatic heterocycles. The Morgan fingerprint density at radius 2 is 1.59 bits per heavy atom. The monoisotopic (exact) mass is 793 g/mol. The Morgan fingerprint density at radius 1 is 0.929 bits per heavy atom. The summed E-state index contributed by atoms with van der Waals surface area (Å²) in [4.78, 5) is 54.5. The van der Waals surface area contributed by atoms with Crippen molar-refractivity contribution in [2.24, 2.45) is 56.2 Å². The summed E-state index contributed by atoms with van der Waals surface area (Å²) in [5.41, 5.74) is 1.42. The van der Waals surface area contributed by atoms with Gasteiger partial charge in [-0.15, -0.1) is 0 Å². The first kappa shape index (κ1) is 42.9. The number of Topliss-reactive ketones (excluding diaryl/α,β-unsaturated/α-hetero) is 1. The number of allylic oxidation sites excluding steroid dienone is 1. The van der Waals surface area contributed by atoms with Crippen molar-refractivity contribution in [2.45, 2.75) is 152 Å². The quantitative estimate of drug-likeness (QED) is 0.221. The summed E-state index contributed by atoms with van der Waals surface area (Å²) in [6.45, 7) is 22.3. The minimum absolute atomic E-state index is 0.0153. The number of benzene rings is 1. The van der Waals surface area contributed by atoms with E-state index >= 15 is 0 Å². The van der Waals surface area contributed by atoms with E-state index in [1.165, 1.54) is 12.5 Å². The first-order chi connectivity index (χ1) is 25.9. The summed E-state index contributed by atoms with van der Waals surface area (Å²) >= 11 is 6.19. The zero-order valence-corrected chi connectivity index (χ0v) is 36.7. The van der Waals surface area contributed by atoms with Gasteiger partial charge in [0.05, 0.1) is 11.8 Å². The number of aliphatic carboxylic acids is 1. The van der Waals surface area contributed by atoms with Crippen molar-refractivity contribution in [1.29, 1.82) is 0 Å². The van der Waals surface area contributed by atoms with E-state index in [0.29, 0.717) is 36.4 Å². The fourth-order valence-electron chi connectivity index (χ4n) is 13.7. The molecule has 8 nitrogen and oxygen atoms in total. The van der Waals surface area contributed by atoms with Crippen LogP contribution in [0.1, 0.15) is 139 Å². The van der Waals surface area contributed by atoms with Crippen LogP contribution in [0.4, 0.5) is 0 Å². The van der Waals surface area contributed by atoms with Crippen LogP contribution < -0.4 is 0 Å². The smallest absolute Gasteiger partial charge is 0.309 e. The van der Waals surface area contributed by atoms with E-state index in [-0.39, 0.29) is 57.8 Å². The maximum absolute atomic E-state index is 14.4. The Morgan fingerprint density at radius 3 is 2.20 bits per heavy atom. The lowest BCUT2D eigenvalue weighted by Gasteiger charge is -2.72. The average molecular weight is 795 g/mol. The molecule has 9 heteroatoms. The minimum Gasteiger partial charge on any atom is -0.481 e. The largest absolute Gasteiger partial charge is 0.481 e. The molecule has 1 N–H and O–H groups in total. The SMILES string of the molecule is CC(=O)O[C@H](CN(C)Cc1ccc(Cl)cc1)C12CC[C@]3(C)[C@H](CC[C@@H]4[C@@]5(C)CC[C@H](OC(=O)CC(C)(C)C(=O)O)C(C)(C)C5CC[C@]43C)C1=C(C(C)C)C(=O)C2. The lowest BCUT2D eigenvalue weighted by atomic mass is 9.33. The van der Waals surface area contributed by atoms with Crippen molar-refractivity contribution in [2.75, 3.05) is 13.6 Å². The average Bonchev–Trinajstić information content (AvgIpc) is 3.40. The van der Waals surface area contributed by atoms with Crippen molar-refractivity contribution in [3.05, 3.63) is 46.0 Å². The van der Waals surface area contributed by atoms with E-state index in [0.717, 1.165) is 62.5 Å². The van der Waals surface area contributed by atoms with E-state index in [2.05, 4.69) is 60.4 Å². The van der Waals surface area contributed by atoms with Gasteiger partial charge in [-0.25, -0.2) is 0 Å². The summed E-state index contributed by atoms with van der Waals surface area (Å²) < 4.78 is 12.6. The van der Waals surface area contributed by atoms with E-state index in [1.807, 2.05) is 24.3 Å². The Kier molecular flexibility index (Phi) is 11.4. The van der Waals surface area contributed by atoms with Gasteiger partial charge in [0.25, 0.3) is 0 Å². The van der Waals surface area contributed by atoms with Crippen LogP contribution in [-0.2, 0) is 35.2 Å². The Hall–Kier alpha value is -2.71. The number of hydrogen-bond acceptors (Lipinski definition) is 7. The molecule has 0 saturated heterocycles. The molecule has 1 aromatic rings. The summed E-state index contributed by atoms with van der Waals surface area (Å²) in [6.07, 6.45) is 7.18. The molecule has 0 aromatic heterocycles. The van der Waals surface area contributed by atoms with Crippen LogP contribution in [0.5, 0.6) is 0 Å². The van der Waals surface area contributed by atoms with Gasteiger partial charge in [0, 0.05) is 42.3 Å². The zero-order chi connectivity index (χ0) is 41.4. The van der Waals surface area contributed by atoms with Gasteiger partial charge in [-0.05, 0) is 141 Å². The first-order valence-electron chi connectivity index (χ1n) is 21.2. The van der Waals surface area contributed by atoms with Crippen molar-refractivity contribution < 1.29 is 33.8 Å². The molecule has 9 atom stereocenters. The second kappa shape index (κ2) is 14.8. The van der Waals surface area contributed by atoms with E-state index in [1.54, 1.807) is 13.8 Å². The molecule has 0 amide bonds. The number of ketones is 1. The number of carbonyl (C=O) groups is 4. The minimum atomic E-state index is -1.18. The third-order valence-electron chi connectivity index (χ3n) is 16.6. The lowest BCUT2D eigenvalue weighted by molar-refractivity contribution is -0.235. The van der Waals surface area contributed by atoms with Gasteiger partial charge < -0.3 is 14.6 Å². The predicted molar refractivity (Wildman–Crippen MR) is 219 cm³/mol. The number of rotatable bonds is 11. The number of carboxylic acids is 1. The predicted octanol–water partition coefficient (Wildman–Crippen LogP) is 10.1. The van der Waals surface area contributed by atoms with Crippen molar-refractivity contribution in [1.82, 2.24) is 4.90 Å². The summed E-state index contributed by atoms with van der Waals surface area (Å²) in [7, 11) is 2.07. The second-order valence-corrected chi connectivity index (χ2v) is 21.4. The van der Waals surface area contributed by atoms with Crippen LogP contribution in [0, 0.1) is 56.2 Å². The highest BCUT2D eigenvalue weighted by Gasteiger charge is 2.71. The number of esters is 2. The van der Waals surface area contributed by atoms with Crippen LogP contribution in [0.2, 0.25) is 5.02 Å². The standard InChI is InChI=1S/C47H68ClNO7/c1-28(2)39-33(51)24-47(37(55-29(3)50)27-49(11)26-30-12-14-31(48)15-13-30)23-22-45(9)32(40(39)47)16-17-35-44(8)20-19-36(56-38(52)25-42(4,5)41(53)54)43(6,7)34(44)18-21-46(35,45)10/h12-15,28,32,34-37H,16-27H2,1-11H3,(H,53,54)/t32-,34?,35-,36+,37-,44+,45-,46-,47?/m1/s1. The molecule has 56 heavy (non-hydrogen) atoms. The van der Waals surface area contributed by atoms with Crippen LogP contribution in [-0.4, -0.2) is 59.5 Å². The Balaban J connectivity index is 1.31. The highest BCUT2D eigenvalue weighted by atomic mass is 35.5. The highest BCUT2D eigenvalue weighted by molar-refractivity contribution is 6.30. The molecule has 5 aliphatic rings. The summed E-state index contributed by atoms with van der Waals surface area (Å²) in [5.74, 6) is -0.421. The third kappa shape index (κ3) is 6.98. The fraction of sp³-hybridized carbons (Fsp3) is 0.745. The molecule has 0 bridgehead atoms.